The highest BCUT2D eigenvalue weighted by molar-refractivity contribution is 5.84. The molecule has 1 atom stereocenters. The lowest BCUT2D eigenvalue weighted by Crippen LogP contribution is -2.09. The number of aliphatic hydroxyl groups is 1. The van der Waals surface area contributed by atoms with Crippen LogP contribution in [0.2, 0.25) is 0 Å². The number of aliphatic hydroxyl groups excluding tert-OH is 1. The first-order valence-corrected chi connectivity index (χ1v) is 8.21. The van der Waals surface area contributed by atoms with Crippen LogP contribution >= 0.6 is 0 Å². The molecule has 5 heteroatoms. The van der Waals surface area contributed by atoms with Crippen LogP contribution in [0.15, 0.2) is 48.8 Å². The molecule has 1 aromatic heterocycles. The molecule has 5 nitrogen and oxygen atoms in total. The Morgan fingerprint density at radius 3 is 2.75 bits per heavy atom. The monoisotopic (exact) mass is 325 g/mol. The minimum atomic E-state index is 0.0897. The Hall–Kier alpha value is -2.53. The van der Waals surface area contributed by atoms with Gasteiger partial charge in [0.15, 0.2) is 0 Å². The van der Waals surface area contributed by atoms with E-state index in [0.29, 0.717) is 6.54 Å². The molecular formula is C19H23N3O2. The van der Waals surface area contributed by atoms with Crippen molar-refractivity contribution in [2.75, 3.05) is 19.0 Å². The topological polar surface area (TPSA) is 59.3 Å². The van der Waals surface area contributed by atoms with Crippen LogP contribution in [0.5, 0.6) is 5.75 Å². The summed E-state index contributed by atoms with van der Waals surface area (Å²) in [7, 11) is 1.68. The average Bonchev–Trinajstić information content (AvgIpc) is 3.06. The van der Waals surface area contributed by atoms with Gasteiger partial charge in [-0.05, 0) is 41.0 Å². The van der Waals surface area contributed by atoms with Crippen LogP contribution in [0.1, 0.15) is 24.9 Å². The van der Waals surface area contributed by atoms with Gasteiger partial charge in [0.2, 0.25) is 0 Å². The fraction of sp³-hybridized carbons (Fsp3) is 0.316. The number of aromatic nitrogens is 2. The molecule has 0 saturated heterocycles. The first-order valence-electron chi connectivity index (χ1n) is 8.21. The molecule has 0 bridgehead atoms. The predicted octanol–water partition coefficient (Wildman–Crippen LogP) is 3.60. The molecule has 1 heterocycles. The van der Waals surface area contributed by atoms with Gasteiger partial charge in [-0.15, -0.1) is 0 Å². The number of ether oxygens (including phenoxy) is 1. The van der Waals surface area contributed by atoms with Crippen molar-refractivity contribution < 1.29 is 9.84 Å². The van der Waals surface area contributed by atoms with Gasteiger partial charge >= 0.3 is 0 Å². The maximum atomic E-state index is 8.98. The zero-order chi connectivity index (χ0) is 16.9. The molecule has 3 aromatic rings. The molecule has 0 radical (unpaired) electrons. The molecule has 1 unspecified atom stereocenters. The van der Waals surface area contributed by atoms with Gasteiger partial charge in [0.1, 0.15) is 5.75 Å². The van der Waals surface area contributed by atoms with Crippen LogP contribution in [-0.2, 0) is 6.54 Å². The van der Waals surface area contributed by atoms with Gasteiger partial charge < -0.3 is 15.2 Å². The molecule has 24 heavy (non-hydrogen) atoms. The summed E-state index contributed by atoms with van der Waals surface area (Å²) < 4.78 is 7.02. The van der Waals surface area contributed by atoms with Crippen molar-refractivity contribution in [1.29, 1.82) is 0 Å². The Morgan fingerprint density at radius 2 is 2.00 bits per heavy atom. The highest BCUT2D eigenvalue weighted by Crippen LogP contribution is 2.27. The molecule has 0 fully saturated rings. The molecule has 2 aromatic carbocycles. The van der Waals surface area contributed by atoms with E-state index in [-0.39, 0.29) is 12.6 Å². The Labute approximate surface area is 141 Å². The number of rotatable bonds is 7. The van der Waals surface area contributed by atoms with Gasteiger partial charge in [-0.1, -0.05) is 25.1 Å². The molecule has 2 N–H and O–H groups in total. The summed E-state index contributed by atoms with van der Waals surface area (Å²) in [5, 5.41) is 19.1. The van der Waals surface area contributed by atoms with Crippen LogP contribution in [0.25, 0.3) is 10.8 Å². The molecule has 0 aliphatic heterocycles. The molecule has 3 rings (SSSR count). The Balaban J connectivity index is 1.82. The van der Waals surface area contributed by atoms with E-state index in [1.165, 1.54) is 16.3 Å². The van der Waals surface area contributed by atoms with Crippen molar-refractivity contribution in [2.24, 2.45) is 0 Å². The number of hydrogen-bond acceptors (Lipinski definition) is 4. The standard InChI is InChI=1S/C19H23N3O2/c1-3-19(21-17-12-20-22(13-17)8-9-23)16-5-4-15-11-18(24-2)7-6-14(15)10-16/h4-7,10-13,19,21,23H,3,8-9H2,1-2H3. The number of fused-ring (bicyclic) bond motifs is 1. The number of anilines is 1. The van der Waals surface area contributed by atoms with Gasteiger partial charge in [-0.2, -0.15) is 5.10 Å². The highest BCUT2D eigenvalue weighted by atomic mass is 16.5. The zero-order valence-electron chi connectivity index (χ0n) is 14.1. The third-order valence-electron chi connectivity index (χ3n) is 4.19. The second kappa shape index (κ2) is 7.36. The van der Waals surface area contributed by atoms with E-state index in [1.807, 2.05) is 18.3 Å². The van der Waals surface area contributed by atoms with Gasteiger partial charge in [0.05, 0.1) is 38.2 Å². The normalized spacial score (nSPS) is 12.3. The van der Waals surface area contributed by atoms with Crippen LogP contribution in [0.4, 0.5) is 5.69 Å². The number of hydrogen-bond donors (Lipinski definition) is 2. The van der Waals surface area contributed by atoms with Gasteiger partial charge in [-0.3, -0.25) is 4.68 Å². The number of methoxy groups -OCH3 is 1. The maximum absolute atomic E-state index is 8.98. The molecule has 0 spiro atoms. The van der Waals surface area contributed by atoms with Crippen LogP contribution < -0.4 is 10.1 Å². The van der Waals surface area contributed by atoms with Crippen LogP contribution in [-0.4, -0.2) is 28.6 Å². The highest BCUT2D eigenvalue weighted by Gasteiger charge is 2.11. The third kappa shape index (κ3) is 3.51. The lowest BCUT2D eigenvalue weighted by atomic mass is 10.00. The average molecular weight is 325 g/mol. The number of nitrogens with one attached hydrogen (secondary N) is 1. The van der Waals surface area contributed by atoms with E-state index in [1.54, 1.807) is 18.0 Å². The fourth-order valence-corrected chi connectivity index (χ4v) is 2.87. The maximum Gasteiger partial charge on any atom is 0.119 e. The van der Waals surface area contributed by atoms with E-state index in [2.05, 4.69) is 41.6 Å². The fourth-order valence-electron chi connectivity index (χ4n) is 2.87. The molecule has 0 aliphatic carbocycles. The first kappa shape index (κ1) is 16.3. The number of benzene rings is 2. The van der Waals surface area contributed by atoms with E-state index in [4.69, 9.17) is 9.84 Å². The van der Waals surface area contributed by atoms with Gasteiger partial charge in [0, 0.05) is 6.20 Å². The molecular weight excluding hydrogens is 302 g/mol. The van der Waals surface area contributed by atoms with Crippen molar-refractivity contribution in [3.63, 3.8) is 0 Å². The Bertz CT molecular complexity index is 813. The summed E-state index contributed by atoms with van der Waals surface area (Å²) in [5.41, 5.74) is 2.20. The SMILES string of the molecule is CCC(Nc1cnn(CCO)c1)c1ccc2cc(OC)ccc2c1. The van der Waals surface area contributed by atoms with E-state index in [0.717, 1.165) is 17.9 Å². The third-order valence-corrected chi connectivity index (χ3v) is 4.19. The quantitative estimate of drug-likeness (QED) is 0.697. The van der Waals surface area contributed by atoms with E-state index < -0.39 is 0 Å². The largest absolute Gasteiger partial charge is 0.497 e. The Morgan fingerprint density at radius 1 is 1.21 bits per heavy atom. The molecule has 0 saturated carbocycles. The van der Waals surface area contributed by atoms with Crippen molar-refractivity contribution in [3.8, 4) is 5.75 Å². The molecule has 0 amide bonds. The van der Waals surface area contributed by atoms with Gasteiger partial charge in [0.25, 0.3) is 0 Å². The van der Waals surface area contributed by atoms with Gasteiger partial charge in [-0.25, -0.2) is 0 Å². The van der Waals surface area contributed by atoms with Crippen molar-refractivity contribution in [2.45, 2.75) is 25.9 Å². The first-order chi connectivity index (χ1) is 11.7. The predicted molar refractivity (Wildman–Crippen MR) is 96.5 cm³/mol. The molecule has 126 valence electrons. The summed E-state index contributed by atoms with van der Waals surface area (Å²) in [6.45, 7) is 2.76. The van der Waals surface area contributed by atoms with Crippen molar-refractivity contribution in [3.05, 3.63) is 54.4 Å². The van der Waals surface area contributed by atoms with Crippen LogP contribution in [0, 0.1) is 0 Å². The second-order valence-corrected chi connectivity index (χ2v) is 5.79. The summed E-state index contributed by atoms with van der Waals surface area (Å²) >= 11 is 0. The van der Waals surface area contributed by atoms with E-state index >= 15 is 0 Å². The molecule has 0 aliphatic rings. The second-order valence-electron chi connectivity index (χ2n) is 5.79. The number of nitrogens with zero attached hydrogens (tertiary/aromatic N) is 2. The van der Waals surface area contributed by atoms with Crippen molar-refractivity contribution in [1.82, 2.24) is 9.78 Å². The minimum absolute atomic E-state index is 0.0897. The van der Waals surface area contributed by atoms with E-state index in [9.17, 15) is 0 Å². The smallest absolute Gasteiger partial charge is 0.119 e. The Kier molecular flexibility index (Phi) is 5.01. The summed E-state index contributed by atoms with van der Waals surface area (Å²) in [5.74, 6) is 0.872. The van der Waals surface area contributed by atoms with Crippen molar-refractivity contribution >= 4 is 16.5 Å². The minimum Gasteiger partial charge on any atom is -0.497 e. The summed E-state index contributed by atoms with van der Waals surface area (Å²) in [6, 6.07) is 12.8. The lowest BCUT2D eigenvalue weighted by Gasteiger charge is -2.18. The zero-order valence-corrected chi connectivity index (χ0v) is 14.1. The summed E-state index contributed by atoms with van der Waals surface area (Å²) in [6.07, 6.45) is 4.68. The van der Waals surface area contributed by atoms with Crippen LogP contribution in [0.3, 0.4) is 0 Å². The lowest BCUT2D eigenvalue weighted by molar-refractivity contribution is 0.269. The summed E-state index contributed by atoms with van der Waals surface area (Å²) in [4.78, 5) is 0.